The molecule has 2 aromatic heterocycles. The molecule has 0 spiro atoms. The normalized spacial score (nSPS) is 13.1. The first-order valence-corrected chi connectivity index (χ1v) is 6.11. The third-order valence-electron chi connectivity index (χ3n) is 2.80. The van der Waals surface area contributed by atoms with Gasteiger partial charge in [0.15, 0.2) is 4.96 Å². The zero-order valence-corrected chi connectivity index (χ0v) is 10.1. The monoisotopic (exact) mass is 238 g/mol. The van der Waals surface area contributed by atoms with Gasteiger partial charge in [0, 0.05) is 17.3 Å². The van der Waals surface area contributed by atoms with Crippen molar-refractivity contribution in [2.45, 2.75) is 26.7 Å². The third kappa shape index (κ3) is 1.95. The molecule has 1 atom stereocenters. The Morgan fingerprint density at radius 1 is 1.69 bits per heavy atom. The van der Waals surface area contributed by atoms with Crippen LogP contribution in [0.15, 0.2) is 11.6 Å². The van der Waals surface area contributed by atoms with Crippen LogP contribution in [0.2, 0.25) is 0 Å². The van der Waals surface area contributed by atoms with E-state index in [1.54, 1.807) is 18.3 Å². The molecule has 86 valence electrons. The van der Waals surface area contributed by atoms with Gasteiger partial charge in [-0.25, -0.2) is 4.98 Å². The lowest BCUT2D eigenvalue weighted by Crippen LogP contribution is -2.11. The molecule has 0 aromatic carbocycles. The topological polar surface area (TPSA) is 54.6 Å². The van der Waals surface area contributed by atoms with E-state index in [9.17, 15) is 4.79 Å². The van der Waals surface area contributed by atoms with E-state index in [2.05, 4.69) is 9.38 Å². The fourth-order valence-electron chi connectivity index (χ4n) is 1.72. The quantitative estimate of drug-likeness (QED) is 0.889. The molecule has 0 fully saturated rings. The number of aromatic nitrogens is 2. The van der Waals surface area contributed by atoms with Crippen molar-refractivity contribution in [1.29, 1.82) is 0 Å². The molecule has 2 rings (SSSR count). The lowest BCUT2D eigenvalue weighted by atomic mass is 10.0. The smallest absolute Gasteiger partial charge is 0.306 e. The molecule has 0 aliphatic rings. The van der Waals surface area contributed by atoms with Gasteiger partial charge in [-0.3, -0.25) is 9.20 Å². The van der Waals surface area contributed by atoms with Crippen molar-refractivity contribution in [2.75, 3.05) is 0 Å². The molecular weight excluding hydrogens is 224 g/mol. The van der Waals surface area contributed by atoms with Gasteiger partial charge in [0.25, 0.3) is 0 Å². The van der Waals surface area contributed by atoms with E-state index >= 15 is 0 Å². The first-order valence-electron chi connectivity index (χ1n) is 5.23. The van der Waals surface area contributed by atoms with Crippen LogP contribution in [0.1, 0.15) is 24.7 Å². The lowest BCUT2D eigenvalue weighted by molar-refractivity contribution is -0.141. The van der Waals surface area contributed by atoms with Crippen LogP contribution in [0.3, 0.4) is 0 Å². The number of hydrogen-bond donors (Lipinski definition) is 1. The SMILES string of the molecule is Cc1nc2sccn2c1CCC(C)C(=O)O. The average Bonchev–Trinajstić information content (AvgIpc) is 2.75. The van der Waals surface area contributed by atoms with E-state index in [0.29, 0.717) is 6.42 Å². The van der Waals surface area contributed by atoms with Gasteiger partial charge in [0.05, 0.1) is 11.6 Å². The Labute approximate surface area is 97.6 Å². The Hall–Kier alpha value is -1.36. The summed E-state index contributed by atoms with van der Waals surface area (Å²) in [6.45, 7) is 3.71. The van der Waals surface area contributed by atoms with Crippen LogP contribution in [-0.2, 0) is 11.2 Å². The summed E-state index contributed by atoms with van der Waals surface area (Å²) >= 11 is 1.60. The number of fused-ring (bicyclic) bond motifs is 1. The minimum absolute atomic E-state index is 0.302. The molecule has 16 heavy (non-hydrogen) atoms. The fourth-order valence-corrected chi connectivity index (χ4v) is 2.50. The van der Waals surface area contributed by atoms with Crippen LogP contribution >= 0.6 is 11.3 Å². The molecule has 1 N–H and O–H groups in total. The number of carboxylic acid groups (broad SMARTS) is 1. The van der Waals surface area contributed by atoms with E-state index in [1.165, 1.54) is 0 Å². The molecule has 0 aliphatic carbocycles. The first-order chi connectivity index (χ1) is 7.59. The fraction of sp³-hybridized carbons (Fsp3) is 0.455. The summed E-state index contributed by atoms with van der Waals surface area (Å²) in [5.74, 6) is -1.03. The Kier molecular flexibility index (Phi) is 2.96. The minimum Gasteiger partial charge on any atom is -0.481 e. The van der Waals surface area contributed by atoms with Gasteiger partial charge >= 0.3 is 5.97 Å². The summed E-state index contributed by atoms with van der Waals surface area (Å²) in [6.07, 6.45) is 3.40. The Morgan fingerprint density at radius 2 is 2.44 bits per heavy atom. The summed E-state index contributed by atoms with van der Waals surface area (Å²) in [5.41, 5.74) is 2.13. The number of rotatable bonds is 4. The molecule has 1 unspecified atom stereocenters. The Bertz CT molecular complexity index is 515. The van der Waals surface area contributed by atoms with Gasteiger partial charge in [-0.05, 0) is 19.8 Å². The molecule has 0 aliphatic heterocycles. The number of hydrogen-bond acceptors (Lipinski definition) is 3. The van der Waals surface area contributed by atoms with Gasteiger partial charge in [0.1, 0.15) is 0 Å². The van der Waals surface area contributed by atoms with Crippen LogP contribution in [0.4, 0.5) is 0 Å². The van der Waals surface area contributed by atoms with Crippen LogP contribution in [0, 0.1) is 12.8 Å². The maximum Gasteiger partial charge on any atom is 0.306 e. The van der Waals surface area contributed by atoms with Gasteiger partial charge in [-0.15, -0.1) is 11.3 Å². The number of thiazole rings is 1. The molecular formula is C11H14N2O2S. The summed E-state index contributed by atoms with van der Waals surface area (Å²) < 4.78 is 2.05. The number of aryl methyl sites for hydroxylation is 2. The summed E-state index contributed by atoms with van der Waals surface area (Å²) in [5, 5.41) is 10.8. The summed E-state index contributed by atoms with van der Waals surface area (Å²) in [4.78, 5) is 16.1. The van der Waals surface area contributed by atoms with E-state index < -0.39 is 5.97 Å². The number of aliphatic carboxylic acids is 1. The van der Waals surface area contributed by atoms with Crippen molar-refractivity contribution in [1.82, 2.24) is 9.38 Å². The third-order valence-corrected chi connectivity index (χ3v) is 3.55. The molecule has 0 saturated carbocycles. The predicted octanol–water partition coefficient (Wildman–Crippen LogP) is 2.36. The largest absolute Gasteiger partial charge is 0.481 e. The maximum atomic E-state index is 10.7. The van der Waals surface area contributed by atoms with Crippen molar-refractivity contribution >= 4 is 22.3 Å². The molecule has 0 radical (unpaired) electrons. The minimum atomic E-state index is -0.733. The molecule has 5 heteroatoms. The zero-order valence-electron chi connectivity index (χ0n) is 9.30. The van der Waals surface area contributed by atoms with Crippen LogP contribution in [0.5, 0.6) is 0 Å². The van der Waals surface area contributed by atoms with Crippen LogP contribution in [0.25, 0.3) is 4.96 Å². The second-order valence-electron chi connectivity index (χ2n) is 3.98. The highest BCUT2D eigenvalue weighted by Gasteiger charge is 2.14. The van der Waals surface area contributed by atoms with E-state index in [1.807, 2.05) is 18.5 Å². The molecule has 0 amide bonds. The molecule has 2 heterocycles. The Morgan fingerprint density at radius 3 is 3.12 bits per heavy atom. The highest BCUT2D eigenvalue weighted by molar-refractivity contribution is 7.15. The highest BCUT2D eigenvalue weighted by Crippen LogP contribution is 2.19. The predicted molar refractivity (Wildman–Crippen MR) is 62.9 cm³/mol. The molecule has 0 bridgehead atoms. The standard InChI is InChI=1S/C11H14N2O2S/c1-7(10(14)15)3-4-9-8(2)12-11-13(9)5-6-16-11/h5-7H,3-4H2,1-2H3,(H,14,15). The summed E-state index contributed by atoms with van der Waals surface area (Å²) in [7, 11) is 0. The van der Waals surface area contributed by atoms with Crippen molar-refractivity contribution in [2.24, 2.45) is 5.92 Å². The number of imidazole rings is 1. The second-order valence-corrected chi connectivity index (χ2v) is 4.85. The Balaban J connectivity index is 2.17. The van der Waals surface area contributed by atoms with E-state index in [-0.39, 0.29) is 5.92 Å². The first kappa shape index (κ1) is 11.1. The van der Waals surface area contributed by atoms with Crippen molar-refractivity contribution in [3.8, 4) is 0 Å². The number of nitrogens with zero attached hydrogens (tertiary/aromatic N) is 2. The zero-order chi connectivity index (χ0) is 11.7. The lowest BCUT2D eigenvalue weighted by Gasteiger charge is -2.05. The van der Waals surface area contributed by atoms with Gasteiger partial charge in [0.2, 0.25) is 0 Å². The van der Waals surface area contributed by atoms with E-state index in [4.69, 9.17) is 5.11 Å². The number of carbonyl (C=O) groups is 1. The van der Waals surface area contributed by atoms with Gasteiger partial charge in [-0.2, -0.15) is 0 Å². The average molecular weight is 238 g/mol. The van der Waals surface area contributed by atoms with Gasteiger partial charge in [-0.1, -0.05) is 6.92 Å². The van der Waals surface area contributed by atoms with E-state index in [0.717, 1.165) is 22.8 Å². The van der Waals surface area contributed by atoms with Crippen LogP contribution in [-0.4, -0.2) is 20.5 Å². The summed E-state index contributed by atoms with van der Waals surface area (Å²) in [6, 6.07) is 0. The van der Waals surface area contributed by atoms with Crippen molar-refractivity contribution in [3.05, 3.63) is 23.0 Å². The number of carboxylic acids is 1. The maximum absolute atomic E-state index is 10.7. The highest BCUT2D eigenvalue weighted by atomic mass is 32.1. The molecule has 0 saturated heterocycles. The van der Waals surface area contributed by atoms with Crippen molar-refractivity contribution < 1.29 is 9.90 Å². The van der Waals surface area contributed by atoms with Crippen molar-refractivity contribution in [3.63, 3.8) is 0 Å². The van der Waals surface area contributed by atoms with Gasteiger partial charge < -0.3 is 5.11 Å². The van der Waals surface area contributed by atoms with Crippen LogP contribution < -0.4 is 0 Å². The molecule has 4 nitrogen and oxygen atoms in total. The second kappa shape index (κ2) is 4.25. The molecule has 2 aromatic rings.